The molecule has 1 fully saturated rings. The largest absolute Gasteiger partial charge is 0.350 e. The molecular weight excluding hydrogens is 350 g/mol. The summed E-state index contributed by atoms with van der Waals surface area (Å²) in [6, 6.07) is 3.99. The van der Waals surface area contributed by atoms with Crippen molar-refractivity contribution < 1.29 is 9.59 Å². The molecule has 2 amide bonds. The Bertz CT molecular complexity index is 720. The highest BCUT2D eigenvalue weighted by Gasteiger charge is 2.26. The molecule has 2 aromatic heterocycles. The van der Waals surface area contributed by atoms with Crippen molar-refractivity contribution in [2.75, 3.05) is 25.0 Å². The molecule has 0 spiro atoms. The van der Waals surface area contributed by atoms with Crippen molar-refractivity contribution in [1.82, 2.24) is 20.0 Å². The van der Waals surface area contributed by atoms with Crippen LogP contribution in [0.3, 0.4) is 0 Å². The van der Waals surface area contributed by atoms with Gasteiger partial charge < -0.3 is 10.6 Å². The molecule has 2 aromatic rings. The van der Waals surface area contributed by atoms with E-state index in [0.717, 1.165) is 43.0 Å². The number of aryl methyl sites for hydroxylation is 1. The number of hydrogen-bond acceptors (Lipinski definition) is 5. The van der Waals surface area contributed by atoms with E-state index in [-0.39, 0.29) is 17.7 Å². The normalized spacial score (nSPS) is 15.7. The van der Waals surface area contributed by atoms with E-state index in [2.05, 4.69) is 20.6 Å². The Labute approximate surface area is 157 Å². The number of piperidine rings is 1. The van der Waals surface area contributed by atoms with Crippen molar-refractivity contribution in [2.45, 2.75) is 32.9 Å². The summed E-state index contributed by atoms with van der Waals surface area (Å²) in [5.74, 6) is 0.0705. The number of likely N-dealkylation sites (tertiary alicyclic amines) is 1. The van der Waals surface area contributed by atoms with Gasteiger partial charge in [0.2, 0.25) is 11.8 Å². The van der Waals surface area contributed by atoms with Crippen LogP contribution in [0.5, 0.6) is 0 Å². The van der Waals surface area contributed by atoms with E-state index in [1.165, 1.54) is 0 Å². The summed E-state index contributed by atoms with van der Waals surface area (Å²) >= 11 is 1.64. The summed E-state index contributed by atoms with van der Waals surface area (Å²) < 4.78 is 1.78. The van der Waals surface area contributed by atoms with E-state index < -0.39 is 0 Å². The van der Waals surface area contributed by atoms with Crippen LogP contribution in [0.1, 0.15) is 24.6 Å². The van der Waals surface area contributed by atoms with Crippen LogP contribution >= 0.6 is 11.3 Å². The van der Waals surface area contributed by atoms with Gasteiger partial charge in [-0.25, -0.2) is 0 Å². The van der Waals surface area contributed by atoms with Gasteiger partial charge >= 0.3 is 0 Å². The molecule has 0 radical (unpaired) electrons. The second kappa shape index (κ2) is 8.95. The first-order valence-corrected chi connectivity index (χ1v) is 9.86. The zero-order chi connectivity index (χ0) is 18.4. The maximum absolute atomic E-state index is 12.4. The van der Waals surface area contributed by atoms with Gasteiger partial charge in [-0.2, -0.15) is 5.10 Å². The van der Waals surface area contributed by atoms with Gasteiger partial charge in [0.25, 0.3) is 0 Å². The first-order chi connectivity index (χ1) is 12.6. The minimum absolute atomic E-state index is 0.00888. The van der Waals surface area contributed by atoms with E-state index in [1.807, 2.05) is 30.6 Å². The summed E-state index contributed by atoms with van der Waals surface area (Å²) in [5, 5.41) is 12.1. The third-order valence-electron chi connectivity index (χ3n) is 4.59. The highest BCUT2D eigenvalue weighted by molar-refractivity contribution is 7.09. The first-order valence-electron chi connectivity index (χ1n) is 8.99. The fraction of sp³-hybridized carbons (Fsp3) is 0.500. The molecule has 2 N–H and O–H groups in total. The molecule has 7 nitrogen and oxygen atoms in total. The van der Waals surface area contributed by atoms with E-state index >= 15 is 0 Å². The topological polar surface area (TPSA) is 79.3 Å². The number of carbonyl (C=O) groups is 2. The molecule has 0 unspecified atom stereocenters. The van der Waals surface area contributed by atoms with Gasteiger partial charge in [-0.1, -0.05) is 6.07 Å². The van der Waals surface area contributed by atoms with Crippen LogP contribution in [-0.4, -0.2) is 46.1 Å². The van der Waals surface area contributed by atoms with Crippen LogP contribution in [0, 0.1) is 5.92 Å². The van der Waals surface area contributed by atoms with Crippen molar-refractivity contribution in [3.8, 4) is 0 Å². The maximum Gasteiger partial charge on any atom is 0.234 e. The lowest BCUT2D eigenvalue weighted by Crippen LogP contribution is -2.43. The van der Waals surface area contributed by atoms with Gasteiger partial charge in [0.05, 0.1) is 25.0 Å². The Morgan fingerprint density at radius 1 is 1.35 bits per heavy atom. The molecule has 0 bridgehead atoms. The standard InChI is InChI=1S/C18H25N5O2S/c1-2-23-12-15(10-20-23)21-18(25)14-5-7-22(8-6-14)13-17(24)19-11-16-4-3-9-26-16/h3-4,9-10,12,14H,2,5-8,11,13H2,1H3,(H,19,24)(H,21,25). The molecule has 0 aromatic carbocycles. The van der Waals surface area contributed by atoms with E-state index in [1.54, 1.807) is 22.2 Å². The van der Waals surface area contributed by atoms with Crippen molar-refractivity contribution in [3.63, 3.8) is 0 Å². The Balaban J connectivity index is 1.37. The number of hydrogen-bond donors (Lipinski definition) is 2. The number of anilines is 1. The molecule has 140 valence electrons. The van der Waals surface area contributed by atoms with Crippen LogP contribution in [-0.2, 0) is 22.7 Å². The highest BCUT2D eigenvalue weighted by atomic mass is 32.1. The third-order valence-corrected chi connectivity index (χ3v) is 5.47. The average Bonchev–Trinajstić information content (AvgIpc) is 3.32. The molecule has 1 aliphatic rings. The quantitative estimate of drug-likeness (QED) is 0.775. The summed E-state index contributed by atoms with van der Waals surface area (Å²) in [6.07, 6.45) is 5.05. The zero-order valence-electron chi connectivity index (χ0n) is 15.0. The number of thiophene rings is 1. The lowest BCUT2D eigenvalue weighted by molar-refractivity contribution is -0.123. The highest BCUT2D eigenvalue weighted by Crippen LogP contribution is 2.19. The minimum Gasteiger partial charge on any atom is -0.350 e. The van der Waals surface area contributed by atoms with E-state index in [9.17, 15) is 9.59 Å². The first kappa shape index (κ1) is 18.6. The Morgan fingerprint density at radius 3 is 2.81 bits per heavy atom. The second-order valence-electron chi connectivity index (χ2n) is 6.48. The van der Waals surface area contributed by atoms with Crippen LogP contribution in [0.25, 0.3) is 0 Å². The van der Waals surface area contributed by atoms with Gasteiger partial charge in [0.1, 0.15) is 0 Å². The lowest BCUT2D eigenvalue weighted by atomic mass is 9.96. The molecule has 0 saturated carbocycles. The molecule has 0 atom stereocenters. The predicted octanol–water partition coefficient (Wildman–Crippen LogP) is 1.93. The van der Waals surface area contributed by atoms with Crippen LogP contribution in [0.2, 0.25) is 0 Å². The summed E-state index contributed by atoms with van der Waals surface area (Å²) in [7, 11) is 0. The lowest BCUT2D eigenvalue weighted by Gasteiger charge is -2.30. The maximum atomic E-state index is 12.4. The molecular formula is C18H25N5O2S. The van der Waals surface area contributed by atoms with Gasteiger partial charge in [0.15, 0.2) is 0 Å². The Morgan fingerprint density at radius 2 is 2.15 bits per heavy atom. The Hall–Kier alpha value is -2.19. The second-order valence-corrected chi connectivity index (χ2v) is 7.51. The number of nitrogens with one attached hydrogen (secondary N) is 2. The average molecular weight is 375 g/mol. The summed E-state index contributed by atoms with van der Waals surface area (Å²) in [4.78, 5) is 27.7. The van der Waals surface area contributed by atoms with Gasteiger partial charge in [0, 0.05) is 23.5 Å². The van der Waals surface area contributed by atoms with Crippen molar-refractivity contribution in [1.29, 1.82) is 0 Å². The predicted molar refractivity (Wildman–Crippen MR) is 102 cm³/mol. The van der Waals surface area contributed by atoms with Crippen molar-refractivity contribution >= 4 is 28.8 Å². The molecule has 3 rings (SSSR count). The zero-order valence-corrected chi connectivity index (χ0v) is 15.8. The molecule has 26 heavy (non-hydrogen) atoms. The third kappa shape index (κ3) is 5.15. The van der Waals surface area contributed by atoms with Crippen molar-refractivity contribution in [2.24, 2.45) is 5.92 Å². The van der Waals surface area contributed by atoms with Crippen LogP contribution < -0.4 is 10.6 Å². The number of nitrogens with zero attached hydrogens (tertiary/aromatic N) is 3. The van der Waals surface area contributed by atoms with Crippen molar-refractivity contribution in [3.05, 3.63) is 34.8 Å². The van der Waals surface area contributed by atoms with Gasteiger partial charge in [-0.05, 0) is 44.3 Å². The number of amides is 2. The SMILES string of the molecule is CCn1cc(NC(=O)C2CCN(CC(=O)NCc3cccs3)CC2)cn1. The fourth-order valence-electron chi connectivity index (χ4n) is 3.06. The van der Waals surface area contributed by atoms with Crippen LogP contribution in [0.15, 0.2) is 29.9 Å². The van der Waals surface area contributed by atoms with E-state index in [4.69, 9.17) is 0 Å². The molecule has 1 aliphatic heterocycles. The number of aromatic nitrogens is 2. The minimum atomic E-state index is -0.00888. The van der Waals surface area contributed by atoms with Gasteiger partial charge in [-0.3, -0.25) is 19.2 Å². The molecule has 1 saturated heterocycles. The fourth-order valence-corrected chi connectivity index (χ4v) is 3.70. The van der Waals surface area contributed by atoms with Gasteiger partial charge in [-0.15, -0.1) is 11.3 Å². The summed E-state index contributed by atoms with van der Waals surface area (Å²) in [6.45, 7) is 5.29. The van der Waals surface area contributed by atoms with Crippen LogP contribution in [0.4, 0.5) is 5.69 Å². The number of rotatable bonds is 7. The Kier molecular flexibility index (Phi) is 6.40. The smallest absolute Gasteiger partial charge is 0.234 e. The summed E-state index contributed by atoms with van der Waals surface area (Å²) in [5.41, 5.74) is 0.743. The molecule has 8 heteroatoms. The van der Waals surface area contributed by atoms with E-state index in [0.29, 0.717) is 13.1 Å². The molecule has 0 aliphatic carbocycles. The molecule has 3 heterocycles. The number of carbonyl (C=O) groups excluding carboxylic acids is 2. The monoisotopic (exact) mass is 375 g/mol.